The first kappa shape index (κ1) is 18.7. The van der Waals surface area contributed by atoms with Crippen molar-refractivity contribution in [3.8, 4) is 5.13 Å². The lowest BCUT2D eigenvalue weighted by atomic mass is 10.1. The average Bonchev–Trinajstić information content (AvgIpc) is 3.28. The zero-order valence-electron chi connectivity index (χ0n) is 15.2. The molecule has 0 spiro atoms. The summed E-state index contributed by atoms with van der Waals surface area (Å²) in [5.74, 6) is -0.363. The van der Waals surface area contributed by atoms with Crippen molar-refractivity contribution in [3.63, 3.8) is 0 Å². The second-order valence-electron chi connectivity index (χ2n) is 5.92. The largest absolute Gasteiger partial charge is 0.456 e. The molecule has 0 aliphatic carbocycles. The van der Waals surface area contributed by atoms with Gasteiger partial charge in [-0.1, -0.05) is 0 Å². The number of ether oxygens (including phenoxy) is 1. The molecule has 0 saturated carbocycles. The molecule has 0 atom stereocenters. The number of likely N-dealkylation sites (N-methyl/N-ethyl adjacent to an activating group) is 1. The lowest BCUT2D eigenvalue weighted by Crippen LogP contribution is -2.29. The van der Waals surface area contributed by atoms with Gasteiger partial charge in [0.15, 0.2) is 11.7 Å². The van der Waals surface area contributed by atoms with Crippen molar-refractivity contribution in [3.05, 3.63) is 53.1 Å². The van der Waals surface area contributed by atoms with E-state index in [2.05, 4.69) is 15.0 Å². The Morgan fingerprint density at radius 3 is 2.59 bits per heavy atom. The Morgan fingerprint density at radius 1 is 1.19 bits per heavy atom. The fourth-order valence-electron chi connectivity index (χ4n) is 2.69. The van der Waals surface area contributed by atoms with E-state index in [-0.39, 0.29) is 18.9 Å². The summed E-state index contributed by atoms with van der Waals surface area (Å²) in [6, 6.07) is 3.48. The van der Waals surface area contributed by atoms with E-state index in [9.17, 15) is 9.59 Å². The molecule has 0 aliphatic rings. The maximum Gasteiger partial charge on any atom is 0.326 e. The molecule has 3 aromatic heterocycles. The number of rotatable bonds is 7. The van der Waals surface area contributed by atoms with E-state index in [1.807, 2.05) is 23.8 Å². The van der Waals surface area contributed by atoms with Gasteiger partial charge in [-0.25, -0.2) is 15.0 Å². The number of thiazole rings is 1. The zero-order chi connectivity index (χ0) is 19.4. The summed E-state index contributed by atoms with van der Waals surface area (Å²) in [5, 5.41) is 2.68. The predicted molar refractivity (Wildman–Crippen MR) is 102 cm³/mol. The quantitative estimate of drug-likeness (QED) is 0.455. The van der Waals surface area contributed by atoms with E-state index >= 15 is 0 Å². The van der Waals surface area contributed by atoms with Gasteiger partial charge in [-0.05, 0) is 26.0 Å². The number of aryl methyl sites for hydroxylation is 1. The molecule has 0 amide bonds. The topological polar surface area (TPSA) is 90.2 Å². The van der Waals surface area contributed by atoms with E-state index in [0.29, 0.717) is 11.5 Å². The van der Waals surface area contributed by atoms with Crippen molar-refractivity contribution < 1.29 is 14.3 Å². The summed E-state index contributed by atoms with van der Waals surface area (Å²) in [6.45, 7) is 3.40. The van der Waals surface area contributed by atoms with Crippen LogP contribution in [0, 0.1) is 13.8 Å². The maximum atomic E-state index is 12.5. The minimum absolute atomic E-state index is 0.0462. The first-order chi connectivity index (χ1) is 13.0. The Kier molecular flexibility index (Phi) is 5.60. The van der Waals surface area contributed by atoms with Gasteiger partial charge in [-0.2, -0.15) is 0 Å². The molecular weight excluding hydrogens is 366 g/mol. The molecule has 8 nitrogen and oxygen atoms in total. The fourth-order valence-corrected chi connectivity index (χ4v) is 3.44. The highest BCUT2D eigenvalue weighted by atomic mass is 32.1. The molecule has 0 aromatic carbocycles. The summed E-state index contributed by atoms with van der Waals surface area (Å²) in [4.78, 5) is 38.5. The Labute approximate surface area is 160 Å². The van der Waals surface area contributed by atoms with E-state index < -0.39 is 5.97 Å². The van der Waals surface area contributed by atoms with Crippen LogP contribution in [0.3, 0.4) is 0 Å². The van der Waals surface area contributed by atoms with Crippen molar-refractivity contribution in [2.45, 2.75) is 13.8 Å². The third-order valence-corrected chi connectivity index (χ3v) is 4.72. The fraction of sp³-hybridized carbons (Fsp3) is 0.278. The number of hydrogen-bond donors (Lipinski definition) is 0. The molecule has 0 radical (unpaired) electrons. The summed E-state index contributed by atoms with van der Waals surface area (Å²) in [7, 11) is 1.68. The summed E-state index contributed by atoms with van der Waals surface area (Å²) >= 11 is 1.49. The number of esters is 1. The smallest absolute Gasteiger partial charge is 0.326 e. The number of anilines is 1. The second-order valence-corrected chi connectivity index (χ2v) is 6.80. The Hall–Kier alpha value is -3.07. The number of carbonyl (C=O) groups is 2. The van der Waals surface area contributed by atoms with Gasteiger partial charge in [0.05, 0.1) is 0 Å². The molecule has 0 fully saturated rings. The number of carbonyl (C=O) groups excluding carboxylic acids is 2. The van der Waals surface area contributed by atoms with Crippen LogP contribution in [0.2, 0.25) is 0 Å². The van der Waals surface area contributed by atoms with Crippen LogP contribution in [0.4, 0.5) is 5.95 Å². The van der Waals surface area contributed by atoms with E-state index in [1.54, 1.807) is 42.7 Å². The van der Waals surface area contributed by atoms with Crippen LogP contribution < -0.4 is 4.90 Å². The van der Waals surface area contributed by atoms with Crippen molar-refractivity contribution in [2.75, 3.05) is 25.1 Å². The van der Waals surface area contributed by atoms with E-state index in [1.165, 1.54) is 11.3 Å². The van der Waals surface area contributed by atoms with Crippen LogP contribution in [-0.4, -0.2) is 51.5 Å². The monoisotopic (exact) mass is 385 g/mol. The van der Waals surface area contributed by atoms with Gasteiger partial charge in [-0.15, -0.1) is 11.3 Å². The summed E-state index contributed by atoms with van der Waals surface area (Å²) < 4.78 is 7.05. The van der Waals surface area contributed by atoms with E-state index in [4.69, 9.17) is 4.74 Å². The lowest BCUT2D eigenvalue weighted by Gasteiger charge is -2.15. The Morgan fingerprint density at radius 2 is 1.93 bits per heavy atom. The number of hydrogen-bond acceptors (Lipinski definition) is 8. The van der Waals surface area contributed by atoms with Gasteiger partial charge < -0.3 is 9.64 Å². The summed E-state index contributed by atoms with van der Waals surface area (Å²) in [5.41, 5.74) is 2.20. The van der Waals surface area contributed by atoms with Gasteiger partial charge in [0.2, 0.25) is 11.7 Å². The number of nitrogens with zero attached hydrogens (tertiary/aromatic N) is 5. The summed E-state index contributed by atoms with van der Waals surface area (Å²) in [6.07, 6.45) is 4.90. The van der Waals surface area contributed by atoms with Crippen LogP contribution in [-0.2, 0) is 9.53 Å². The normalized spacial score (nSPS) is 10.6. The lowest BCUT2D eigenvalue weighted by molar-refractivity contribution is -0.140. The maximum absolute atomic E-state index is 12.5. The van der Waals surface area contributed by atoms with Gasteiger partial charge in [0.25, 0.3) is 0 Å². The third kappa shape index (κ3) is 4.20. The first-order valence-corrected chi connectivity index (χ1v) is 9.11. The highest BCUT2D eigenvalue weighted by molar-refractivity contribution is 7.12. The standard InChI is InChI=1S/C18H19N5O3S/c1-12-9-14(13(2)23(12)18-21-7-8-27-18)15(24)11-26-16(25)10-22(3)17-19-5-4-6-20-17/h4-9H,10-11H2,1-3H3. The molecule has 9 heteroatoms. The average molecular weight is 385 g/mol. The molecule has 0 unspecified atom stereocenters. The minimum atomic E-state index is -0.521. The van der Waals surface area contributed by atoms with Crippen molar-refractivity contribution in [1.82, 2.24) is 19.5 Å². The predicted octanol–water partition coefficient (Wildman–Crippen LogP) is 2.20. The highest BCUT2D eigenvalue weighted by Crippen LogP contribution is 2.22. The molecular formula is C18H19N5O3S. The number of Topliss-reactive ketones (excluding diaryl/α,β-unsaturated/α-hetero) is 1. The van der Waals surface area contributed by atoms with Gasteiger partial charge >= 0.3 is 5.97 Å². The van der Waals surface area contributed by atoms with Crippen LogP contribution in [0.25, 0.3) is 5.13 Å². The number of ketones is 1. The van der Waals surface area contributed by atoms with Crippen LogP contribution in [0.15, 0.2) is 36.1 Å². The van der Waals surface area contributed by atoms with Crippen molar-refractivity contribution >= 4 is 29.0 Å². The molecule has 27 heavy (non-hydrogen) atoms. The molecule has 0 saturated heterocycles. The van der Waals surface area contributed by atoms with Gasteiger partial charge in [0.1, 0.15) is 6.54 Å². The highest BCUT2D eigenvalue weighted by Gasteiger charge is 2.19. The molecule has 3 rings (SSSR count). The van der Waals surface area contributed by atoms with Gasteiger partial charge in [-0.3, -0.25) is 14.2 Å². The minimum Gasteiger partial charge on any atom is -0.456 e. The first-order valence-electron chi connectivity index (χ1n) is 8.23. The van der Waals surface area contributed by atoms with E-state index in [0.717, 1.165) is 16.5 Å². The SMILES string of the molecule is Cc1cc(C(=O)COC(=O)CN(C)c2ncccn2)c(C)n1-c1nccs1. The molecule has 3 heterocycles. The van der Waals surface area contributed by atoms with Crippen LogP contribution in [0.5, 0.6) is 0 Å². The third-order valence-electron chi connectivity index (χ3n) is 3.97. The molecule has 3 aromatic rings. The zero-order valence-corrected chi connectivity index (χ0v) is 16.1. The van der Waals surface area contributed by atoms with Crippen molar-refractivity contribution in [1.29, 1.82) is 0 Å². The molecule has 0 aliphatic heterocycles. The Balaban J connectivity index is 1.61. The second kappa shape index (κ2) is 8.09. The van der Waals surface area contributed by atoms with Crippen molar-refractivity contribution in [2.24, 2.45) is 0 Å². The molecule has 0 N–H and O–H groups in total. The molecule has 0 bridgehead atoms. The van der Waals surface area contributed by atoms with Crippen LogP contribution in [0.1, 0.15) is 21.7 Å². The Bertz CT molecular complexity index is 938. The van der Waals surface area contributed by atoms with Gasteiger partial charge in [0, 0.05) is 48.0 Å². The van der Waals surface area contributed by atoms with Crippen LogP contribution >= 0.6 is 11.3 Å². The number of aromatic nitrogens is 4. The molecule has 140 valence electrons.